The van der Waals surface area contributed by atoms with Gasteiger partial charge in [-0.3, -0.25) is 4.79 Å². The van der Waals surface area contributed by atoms with Crippen LogP contribution in [0.25, 0.3) is 0 Å². The maximum atomic E-state index is 11.3. The zero-order chi connectivity index (χ0) is 12.4. The molecule has 1 aromatic rings. The van der Waals surface area contributed by atoms with E-state index in [0.717, 1.165) is 16.3 Å². The van der Waals surface area contributed by atoms with Gasteiger partial charge >= 0.3 is 6.03 Å². The Morgan fingerprint density at radius 1 is 1.67 bits per heavy atom. The smallest absolute Gasteiger partial charge is 0.337 e. The van der Waals surface area contributed by atoms with Gasteiger partial charge in [0.05, 0.1) is 6.54 Å². The van der Waals surface area contributed by atoms with E-state index in [0.29, 0.717) is 18.2 Å². The Labute approximate surface area is 117 Å². The fourth-order valence-electron chi connectivity index (χ4n) is 1.27. The Balaban J connectivity index is 0.00000162. The summed E-state index contributed by atoms with van der Waals surface area (Å²) in [6, 6.07) is -0.372. The normalized spacial score (nSPS) is 15.3. The molecule has 2 heterocycles. The van der Waals surface area contributed by atoms with Gasteiger partial charge in [0, 0.05) is 11.9 Å². The van der Waals surface area contributed by atoms with E-state index in [1.807, 2.05) is 0 Å². The van der Waals surface area contributed by atoms with E-state index in [1.54, 1.807) is 5.38 Å². The molecule has 2 amide bonds. The lowest BCUT2D eigenvalue weighted by atomic mass is 10.3. The zero-order valence-corrected chi connectivity index (χ0v) is 11.3. The number of nitrogen functional groups attached to an aromatic ring is 1. The first kappa shape index (κ1) is 14.7. The van der Waals surface area contributed by atoms with Gasteiger partial charge in [-0.15, -0.1) is 23.7 Å². The van der Waals surface area contributed by atoms with Crippen LogP contribution < -0.4 is 11.1 Å². The number of urea groups is 1. The Morgan fingerprint density at radius 3 is 2.83 bits per heavy atom. The minimum Gasteiger partial charge on any atom is -0.375 e. The fraction of sp³-hybridized carbons (Fsp3) is 0.250. The van der Waals surface area contributed by atoms with Crippen LogP contribution in [0, 0.1) is 0 Å². The number of amides is 2. The molecule has 0 atom stereocenters. The fourth-order valence-corrected chi connectivity index (χ4v) is 1.95. The molecule has 2 rings (SSSR count). The number of aromatic nitrogens is 1. The van der Waals surface area contributed by atoms with Crippen LogP contribution >= 0.6 is 35.3 Å². The molecule has 7 nitrogen and oxygen atoms in total. The number of hydrogen-bond donors (Lipinski definition) is 2. The standard InChI is InChI=1S/C8H8ClN5O2S.ClH/c9-6(15)5(4-3-17-7(10)12-4)13-14-2-1-11-8(14)16;/h3H,1-2H2,(H2,10,12)(H,11,16);1H. The van der Waals surface area contributed by atoms with Crippen LogP contribution in [0.4, 0.5) is 9.93 Å². The number of carbonyl (C=O) groups excluding carboxylic acids is 2. The Morgan fingerprint density at radius 2 is 2.39 bits per heavy atom. The molecule has 0 spiro atoms. The van der Waals surface area contributed by atoms with E-state index in [1.165, 1.54) is 0 Å². The molecule has 0 aliphatic carbocycles. The molecular formula is C8H9Cl2N5O2S. The number of carbonyl (C=O) groups is 2. The van der Waals surface area contributed by atoms with Gasteiger partial charge in [-0.2, -0.15) is 5.10 Å². The molecule has 1 aliphatic rings. The summed E-state index contributed by atoms with van der Waals surface area (Å²) in [5.41, 5.74) is 5.64. The van der Waals surface area contributed by atoms with E-state index < -0.39 is 5.24 Å². The quantitative estimate of drug-likeness (QED) is 0.632. The van der Waals surface area contributed by atoms with Crippen LogP contribution in [0.15, 0.2) is 10.5 Å². The molecule has 0 radical (unpaired) electrons. The summed E-state index contributed by atoms with van der Waals surface area (Å²) >= 11 is 6.57. The van der Waals surface area contributed by atoms with Crippen LogP contribution in [0.1, 0.15) is 5.69 Å². The highest BCUT2D eigenvalue weighted by atomic mass is 35.5. The number of hydrazone groups is 1. The summed E-state index contributed by atoms with van der Waals surface area (Å²) in [6.07, 6.45) is 0. The summed E-state index contributed by atoms with van der Waals surface area (Å²) < 4.78 is 0. The minimum atomic E-state index is -0.782. The Bertz CT molecular complexity index is 503. The average Bonchev–Trinajstić information content (AvgIpc) is 2.84. The van der Waals surface area contributed by atoms with Gasteiger partial charge in [0.25, 0.3) is 5.24 Å². The maximum absolute atomic E-state index is 11.3. The van der Waals surface area contributed by atoms with Crippen LogP contribution in [-0.2, 0) is 4.79 Å². The van der Waals surface area contributed by atoms with Crippen molar-refractivity contribution in [1.82, 2.24) is 15.3 Å². The number of nitrogens with two attached hydrogens (primary N) is 1. The minimum absolute atomic E-state index is 0. The Kier molecular flexibility index (Phi) is 4.88. The third-order valence-corrected chi connectivity index (χ3v) is 2.86. The van der Waals surface area contributed by atoms with Crippen LogP contribution in [-0.4, -0.2) is 40.1 Å². The van der Waals surface area contributed by atoms with Crippen molar-refractivity contribution >= 4 is 57.5 Å². The van der Waals surface area contributed by atoms with Gasteiger partial charge in [0.1, 0.15) is 5.69 Å². The molecule has 0 aromatic carbocycles. The highest BCUT2D eigenvalue weighted by Gasteiger charge is 2.23. The number of rotatable bonds is 3. The number of halogens is 2. The topological polar surface area (TPSA) is 101 Å². The van der Waals surface area contributed by atoms with Crippen LogP contribution in [0.5, 0.6) is 0 Å². The van der Waals surface area contributed by atoms with E-state index in [9.17, 15) is 9.59 Å². The molecule has 10 heteroatoms. The van der Waals surface area contributed by atoms with Crippen molar-refractivity contribution in [3.05, 3.63) is 11.1 Å². The number of anilines is 1. The van der Waals surface area contributed by atoms with Crippen molar-refractivity contribution < 1.29 is 9.59 Å². The van der Waals surface area contributed by atoms with Gasteiger partial charge < -0.3 is 11.1 Å². The largest absolute Gasteiger partial charge is 0.375 e. The second kappa shape index (κ2) is 5.98. The SMILES string of the molecule is Cl.Nc1nc(C(=NN2CCNC2=O)C(=O)Cl)cs1. The molecule has 3 N–H and O–H groups in total. The highest BCUT2D eigenvalue weighted by molar-refractivity contribution is 7.13. The van der Waals surface area contributed by atoms with E-state index in [-0.39, 0.29) is 29.8 Å². The van der Waals surface area contributed by atoms with Crippen LogP contribution in [0.3, 0.4) is 0 Å². The van der Waals surface area contributed by atoms with E-state index in [4.69, 9.17) is 17.3 Å². The van der Waals surface area contributed by atoms with Gasteiger partial charge in [-0.1, -0.05) is 0 Å². The monoisotopic (exact) mass is 309 g/mol. The summed E-state index contributed by atoms with van der Waals surface area (Å²) in [5.74, 6) is 0. The number of hydrogen-bond acceptors (Lipinski definition) is 6. The lowest BCUT2D eigenvalue weighted by Gasteiger charge is -2.07. The number of thiazole rings is 1. The maximum Gasteiger partial charge on any atom is 0.337 e. The average molecular weight is 310 g/mol. The molecule has 1 saturated heterocycles. The predicted octanol–water partition coefficient (Wildman–Crippen LogP) is 0.642. The molecule has 0 bridgehead atoms. The summed E-state index contributed by atoms with van der Waals surface area (Å²) in [4.78, 5) is 26.4. The predicted molar refractivity (Wildman–Crippen MR) is 71.3 cm³/mol. The second-order valence-electron chi connectivity index (χ2n) is 3.15. The zero-order valence-electron chi connectivity index (χ0n) is 8.92. The highest BCUT2D eigenvalue weighted by Crippen LogP contribution is 2.14. The molecule has 1 aliphatic heterocycles. The van der Waals surface area contributed by atoms with Crippen LogP contribution in [0.2, 0.25) is 0 Å². The molecule has 98 valence electrons. The van der Waals surface area contributed by atoms with Gasteiger partial charge in [0.2, 0.25) is 0 Å². The van der Waals surface area contributed by atoms with Crippen molar-refractivity contribution in [3.8, 4) is 0 Å². The lowest BCUT2D eigenvalue weighted by molar-refractivity contribution is -0.106. The third-order valence-electron chi connectivity index (χ3n) is 2.01. The van der Waals surface area contributed by atoms with E-state index in [2.05, 4.69) is 15.4 Å². The first-order chi connectivity index (χ1) is 8.08. The first-order valence-electron chi connectivity index (χ1n) is 4.63. The van der Waals surface area contributed by atoms with Crippen molar-refractivity contribution in [2.45, 2.75) is 0 Å². The van der Waals surface area contributed by atoms with Crippen molar-refractivity contribution in [2.24, 2.45) is 5.10 Å². The molecule has 0 saturated carbocycles. The van der Waals surface area contributed by atoms with Crippen molar-refractivity contribution in [3.63, 3.8) is 0 Å². The lowest BCUT2D eigenvalue weighted by Crippen LogP contribution is -2.26. The molecule has 1 fully saturated rings. The van der Waals surface area contributed by atoms with Gasteiger partial charge in [-0.25, -0.2) is 14.8 Å². The second-order valence-corrected chi connectivity index (χ2v) is 4.38. The van der Waals surface area contributed by atoms with Crippen molar-refractivity contribution in [1.29, 1.82) is 0 Å². The first-order valence-corrected chi connectivity index (χ1v) is 5.89. The summed E-state index contributed by atoms with van der Waals surface area (Å²) in [5, 5.41) is 8.65. The van der Waals surface area contributed by atoms with Gasteiger partial charge in [-0.05, 0) is 11.6 Å². The molecule has 0 unspecified atom stereocenters. The van der Waals surface area contributed by atoms with E-state index >= 15 is 0 Å². The third kappa shape index (κ3) is 3.09. The number of nitrogens with zero attached hydrogens (tertiary/aromatic N) is 3. The van der Waals surface area contributed by atoms with Crippen molar-refractivity contribution in [2.75, 3.05) is 18.8 Å². The number of nitrogens with one attached hydrogen (secondary N) is 1. The summed E-state index contributed by atoms with van der Waals surface area (Å²) in [6.45, 7) is 0.859. The Hall–Kier alpha value is -1.38. The molecule has 1 aromatic heterocycles. The van der Waals surface area contributed by atoms with Gasteiger partial charge in [0.15, 0.2) is 10.8 Å². The molecule has 18 heavy (non-hydrogen) atoms. The summed E-state index contributed by atoms with van der Waals surface area (Å²) in [7, 11) is 0. The molecular weight excluding hydrogens is 301 g/mol.